The molecule has 0 fully saturated rings. The van der Waals surface area contributed by atoms with Crippen molar-refractivity contribution in [2.45, 2.75) is 52.6 Å². The number of amides is 2. The molecule has 0 radical (unpaired) electrons. The molecule has 2 aromatic rings. The lowest BCUT2D eigenvalue weighted by molar-refractivity contribution is -0.116. The van der Waals surface area contributed by atoms with Crippen molar-refractivity contribution in [3.8, 4) is 5.75 Å². The molecule has 6 nitrogen and oxygen atoms in total. The molecule has 0 unspecified atom stereocenters. The molecule has 0 saturated heterocycles. The highest BCUT2D eigenvalue weighted by Crippen LogP contribution is 2.19. The lowest BCUT2D eigenvalue weighted by atomic mass is 10.2. The topological polar surface area (TPSA) is 79.5 Å². The van der Waals surface area contributed by atoms with Gasteiger partial charge in [0.2, 0.25) is 11.8 Å². The zero-order valence-corrected chi connectivity index (χ0v) is 17.5. The van der Waals surface area contributed by atoms with Gasteiger partial charge in [-0.1, -0.05) is 31.9 Å². The molecular weight excluding hydrogens is 366 g/mol. The van der Waals surface area contributed by atoms with Crippen LogP contribution < -0.4 is 20.7 Å². The maximum atomic E-state index is 12.2. The lowest BCUT2D eigenvalue weighted by Gasteiger charge is -2.12. The quantitative estimate of drug-likeness (QED) is 0.464. The van der Waals surface area contributed by atoms with E-state index >= 15 is 0 Å². The van der Waals surface area contributed by atoms with Crippen molar-refractivity contribution in [2.24, 2.45) is 0 Å². The first-order chi connectivity index (χ1) is 14.0. The van der Waals surface area contributed by atoms with Gasteiger partial charge in [0.25, 0.3) is 0 Å². The van der Waals surface area contributed by atoms with Crippen molar-refractivity contribution >= 4 is 28.9 Å². The van der Waals surface area contributed by atoms with Gasteiger partial charge in [-0.05, 0) is 50.6 Å². The minimum atomic E-state index is -0.166. The Hall–Kier alpha value is -3.02. The van der Waals surface area contributed by atoms with Crippen LogP contribution in [0.4, 0.5) is 17.1 Å². The Balaban J connectivity index is 1.83. The fourth-order valence-electron chi connectivity index (χ4n) is 2.77. The molecule has 0 saturated carbocycles. The fourth-order valence-corrected chi connectivity index (χ4v) is 2.77. The van der Waals surface area contributed by atoms with E-state index in [1.54, 1.807) is 6.07 Å². The molecule has 0 spiro atoms. The van der Waals surface area contributed by atoms with E-state index in [1.165, 1.54) is 0 Å². The van der Waals surface area contributed by atoms with Crippen LogP contribution in [0.3, 0.4) is 0 Å². The summed E-state index contributed by atoms with van der Waals surface area (Å²) in [4.78, 5) is 24.2. The molecule has 0 heterocycles. The van der Waals surface area contributed by atoms with Crippen LogP contribution in [0, 0.1) is 0 Å². The lowest BCUT2D eigenvalue weighted by Crippen LogP contribution is -2.21. The van der Waals surface area contributed by atoms with E-state index in [2.05, 4.69) is 22.9 Å². The highest BCUT2D eigenvalue weighted by atomic mass is 16.5. The van der Waals surface area contributed by atoms with Gasteiger partial charge in [0.05, 0.1) is 12.6 Å². The Morgan fingerprint density at radius 2 is 1.55 bits per heavy atom. The molecule has 0 bridgehead atoms. The Labute approximate surface area is 173 Å². The zero-order chi connectivity index (χ0) is 21.1. The van der Waals surface area contributed by atoms with Crippen LogP contribution in [0.2, 0.25) is 0 Å². The summed E-state index contributed by atoms with van der Waals surface area (Å²) < 4.78 is 5.64. The Kier molecular flexibility index (Phi) is 9.02. The number of hydrogen-bond acceptors (Lipinski definition) is 4. The number of anilines is 3. The summed E-state index contributed by atoms with van der Waals surface area (Å²) in [6.07, 6.45) is 3.62. The van der Waals surface area contributed by atoms with E-state index in [0.717, 1.165) is 30.6 Å². The summed E-state index contributed by atoms with van der Waals surface area (Å²) in [6.45, 7) is 6.14. The molecule has 2 rings (SSSR count). The van der Waals surface area contributed by atoms with Crippen LogP contribution in [0.5, 0.6) is 5.75 Å². The second-order valence-electron chi connectivity index (χ2n) is 7.18. The van der Waals surface area contributed by atoms with Gasteiger partial charge in [-0.2, -0.15) is 0 Å². The fraction of sp³-hybridized carbons (Fsp3) is 0.391. The second kappa shape index (κ2) is 11.7. The minimum Gasteiger partial charge on any atom is -0.491 e. The normalized spacial score (nSPS) is 10.5. The summed E-state index contributed by atoms with van der Waals surface area (Å²) in [5.41, 5.74) is 2.17. The van der Waals surface area contributed by atoms with Gasteiger partial charge in [0, 0.05) is 29.5 Å². The Bertz CT molecular complexity index is 805. The predicted octanol–water partition coefficient (Wildman–Crippen LogP) is 5.04. The first kappa shape index (κ1) is 22.3. The van der Waals surface area contributed by atoms with Crippen molar-refractivity contribution in [3.05, 3.63) is 48.5 Å². The molecule has 0 aromatic heterocycles. The van der Waals surface area contributed by atoms with Crippen molar-refractivity contribution in [1.29, 1.82) is 0 Å². The first-order valence-corrected chi connectivity index (χ1v) is 10.2. The molecule has 29 heavy (non-hydrogen) atoms. The third-order valence-electron chi connectivity index (χ3n) is 4.10. The van der Waals surface area contributed by atoms with E-state index in [-0.39, 0.29) is 24.5 Å². The van der Waals surface area contributed by atoms with Gasteiger partial charge in [0.15, 0.2) is 0 Å². The SMILES string of the molecule is CCCCCC(=O)Nc1cccc(NCC(=O)Nc2cccc(OC(C)C)c2)c1. The van der Waals surface area contributed by atoms with Crippen LogP contribution in [-0.2, 0) is 9.59 Å². The van der Waals surface area contributed by atoms with Gasteiger partial charge in [0.1, 0.15) is 5.75 Å². The van der Waals surface area contributed by atoms with Crippen LogP contribution in [0.1, 0.15) is 46.5 Å². The summed E-state index contributed by atoms with van der Waals surface area (Å²) >= 11 is 0. The third kappa shape index (κ3) is 8.68. The van der Waals surface area contributed by atoms with E-state index in [0.29, 0.717) is 17.9 Å². The van der Waals surface area contributed by atoms with Gasteiger partial charge < -0.3 is 20.7 Å². The van der Waals surface area contributed by atoms with Gasteiger partial charge in [-0.25, -0.2) is 0 Å². The molecule has 0 atom stereocenters. The standard InChI is InChI=1S/C23H31N3O3/c1-4-5-6-13-22(27)25-19-10-7-9-18(14-19)24-16-23(28)26-20-11-8-12-21(15-20)29-17(2)3/h7-12,14-15,17,24H,4-6,13,16H2,1-3H3,(H,25,27)(H,26,28). The Morgan fingerprint density at radius 1 is 0.897 bits per heavy atom. The van der Waals surface area contributed by atoms with Crippen molar-refractivity contribution in [1.82, 2.24) is 0 Å². The molecule has 0 aliphatic carbocycles. The van der Waals surface area contributed by atoms with Crippen molar-refractivity contribution in [3.63, 3.8) is 0 Å². The monoisotopic (exact) mass is 397 g/mol. The van der Waals surface area contributed by atoms with E-state index < -0.39 is 0 Å². The predicted molar refractivity (Wildman–Crippen MR) is 119 cm³/mol. The molecule has 0 aliphatic rings. The third-order valence-corrected chi connectivity index (χ3v) is 4.10. The number of rotatable bonds is 11. The maximum Gasteiger partial charge on any atom is 0.243 e. The molecule has 3 N–H and O–H groups in total. The number of ether oxygens (including phenoxy) is 1. The summed E-state index contributed by atoms with van der Waals surface area (Å²) in [5, 5.41) is 8.83. The first-order valence-electron chi connectivity index (χ1n) is 10.2. The molecule has 156 valence electrons. The summed E-state index contributed by atoms with van der Waals surface area (Å²) in [5.74, 6) is 0.561. The average Bonchev–Trinajstić information content (AvgIpc) is 2.67. The van der Waals surface area contributed by atoms with Crippen LogP contribution >= 0.6 is 0 Å². The Morgan fingerprint density at radius 3 is 2.28 bits per heavy atom. The van der Waals surface area contributed by atoms with E-state index in [9.17, 15) is 9.59 Å². The molecule has 2 aromatic carbocycles. The van der Waals surface area contributed by atoms with E-state index in [1.807, 2.05) is 56.3 Å². The number of nitrogens with one attached hydrogen (secondary N) is 3. The summed E-state index contributed by atoms with van der Waals surface area (Å²) in [7, 11) is 0. The van der Waals surface area contributed by atoms with Gasteiger partial charge in [-0.15, -0.1) is 0 Å². The van der Waals surface area contributed by atoms with Crippen LogP contribution in [0.15, 0.2) is 48.5 Å². The maximum absolute atomic E-state index is 12.2. The largest absolute Gasteiger partial charge is 0.491 e. The average molecular weight is 398 g/mol. The van der Waals surface area contributed by atoms with Gasteiger partial charge in [-0.3, -0.25) is 9.59 Å². The van der Waals surface area contributed by atoms with Crippen LogP contribution in [0.25, 0.3) is 0 Å². The minimum absolute atomic E-state index is 0.0110. The smallest absolute Gasteiger partial charge is 0.243 e. The number of hydrogen-bond donors (Lipinski definition) is 3. The van der Waals surface area contributed by atoms with Crippen molar-refractivity contribution < 1.29 is 14.3 Å². The van der Waals surface area contributed by atoms with Gasteiger partial charge >= 0.3 is 0 Å². The molecule has 2 amide bonds. The number of unbranched alkanes of at least 4 members (excludes halogenated alkanes) is 2. The molecule has 0 aliphatic heterocycles. The number of benzene rings is 2. The zero-order valence-electron chi connectivity index (χ0n) is 17.5. The number of carbonyl (C=O) groups excluding carboxylic acids is 2. The molecular formula is C23H31N3O3. The van der Waals surface area contributed by atoms with Crippen LogP contribution in [-0.4, -0.2) is 24.5 Å². The highest BCUT2D eigenvalue weighted by molar-refractivity contribution is 5.94. The van der Waals surface area contributed by atoms with Crippen molar-refractivity contribution in [2.75, 3.05) is 22.5 Å². The number of carbonyl (C=O) groups is 2. The van der Waals surface area contributed by atoms with E-state index in [4.69, 9.17) is 4.74 Å². The highest BCUT2D eigenvalue weighted by Gasteiger charge is 2.06. The summed E-state index contributed by atoms with van der Waals surface area (Å²) in [6, 6.07) is 14.7. The second-order valence-corrected chi connectivity index (χ2v) is 7.18. The molecule has 6 heteroatoms.